The fourth-order valence-electron chi connectivity index (χ4n) is 2.64. The van der Waals surface area contributed by atoms with Crippen molar-refractivity contribution in [3.05, 3.63) is 35.0 Å². The highest BCUT2D eigenvalue weighted by molar-refractivity contribution is 5.93. The highest BCUT2D eigenvalue weighted by Crippen LogP contribution is 2.31. The first kappa shape index (κ1) is 13.9. The second kappa shape index (κ2) is 5.60. The van der Waals surface area contributed by atoms with Crippen molar-refractivity contribution >= 4 is 16.6 Å². The minimum atomic E-state index is 0.597. The fraction of sp³-hybridized carbons (Fsp3) is 0.471. The van der Waals surface area contributed by atoms with Crippen LogP contribution in [0.15, 0.2) is 18.2 Å². The molecule has 0 amide bonds. The number of nitrogens with one attached hydrogen (secondary N) is 1. The molecular formula is C17H24N2. The zero-order valence-corrected chi connectivity index (χ0v) is 12.7. The standard InChI is InChI=1S/C17H24N2/c1-6-11(3)13-8-9-16-14(10-13)17(18-5)12(4)15(7-2)19-16/h8-11H,6-7H2,1-5H3,(H,18,19). The minimum Gasteiger partial charge on any atom is -0.387 e. The van der Waals surface area contributed by atoms with E-state index in [0.717, 1.165) is 11.9 Å². The van der Waals surface area contributed by atoms with Crippen molar-refractivity contribution < 1.29 is 0 Å². The van der Waals surface area contributed by atoms with Gasteiger partial charge >= 0.3 is 0 Å². The number of aromatic nitrogens is 1. The van der Waals surface area contributed by atoms with Crippen molar-refractivity contribution in [3.63, 3.8) is 0 Å². The van der Waals surface area contributed by atoms with Crippen LogP contribution < -0.4 is 5.32 Å². The molecule has 19 heavy (non-hydrogen) atoms. The second-order valence-corrected chi connectivity index (χ2v) is 5.25. The smallest absolute Gasteiger partial charge is 0.0726 e. The summed E-state index contributed by atoms with van der Waals surface area (Å²) >= 11 is 0. The average molecular weight is 256 g/mol. The SMILES string of the molecule is CCc1nc2ccc(C(C)CC)cc2c(NC)c1C. The van der Waals surface area contributed by atoms with Gasteiger partial charge in [-0.05, 0) is 48.9 Å². The van der Waals surface area contributed by atoms with Gasteiger partial charge in [-0.15, -0.1) is 0 Å². The number of hydrogen-bond acceptors (Lipinski definition) is 2. The highest BCUT2D eigenvalue weighted by Gasteiger charge is 2.11. The molecule has 1 atom stereocenters. The molecule has 0 spiro atoms. The predicted molar refractivity (Wildman–Crippen MR) is 84.1 cm³/mol. The van der Waals surface area contributed by atoms with Gasteiger partial charge in [-0.1, -0.05) is 26.8 Å². The van der Waals surface area contributed by atoms with E-state index in [1.807, 2.05) is 7.05 Å². The van der Waals surface area contributed by atoms with E-state index in [-0.39, 0.29) is 0 Å². The molecule has 1 unspecified atom stereocenters. The molecule has 1 aromatic heterocycles. The molecule has 0 aliphatic rings. The molecule has 1 aromatic carbocycles. The average Bonchev–Trinajstić information content (AvgIpc) is 2.45. The Balaban J connectivity index is 2.70. The Morgan fingerprint density at radius 2 is 2.00 bits per heavy atom. The molecule has 0 saturated carbocycles. The molecule has 2 nitrogen and oxygen atoms in total. The number of fused-ring (bicyclic) bond motifs is 1. The molecule has 102 valence electrons. The molecule has 0 aliphatic heterocycles. The summed E-state index contributed by atoms with van der Waals surface area (Å²) in [5.41, 5.74) is 6.19. The third kappa shape index (κ3) is 2.44. The van der Waals surface area contributed by atoms with Crippen molar-refractivity contribution in [1.82, 2.24) is 4.98 Å². The lowest BCUT2D eigenvalue weighted by molar-refractivity contribution is 0.734. The Hall–Kier alpha value is -1.57. The third-order valence-electron chi connectivity index (χ3n) is 4.12. The minimum absolute atomic E-state index is 0.597. The van der Waals surface area contributed by atoms with Crippen LogP contribution in [0.1, 0.15) is 49.9 Å². The molecule has 0 bridgehead atoms. The summed E-state index contributed by atoms with van der Waals surface area (Å²) in [4.78, 5) is 4.79. The van der Waals surface area contributed by atoms with E-state index in [0.29, 0.717) is 5.92 Å². The largest absolute Gasteiger partial charge is 0.387 e. The van der Waals surface area contributed by atoms with E-state index in [9.17, 15) is 0 Å². The summed E-state index contributed by atoms with van der Waals surface area (Å²) in [6.07, 6.45) is 2.14. The normalized spacial score (nSPS) is 12.7. The summed E-state index contributed by atoms with van der Waals surface area (Å²) in [6, 6.07) is 6.68. The lowest BCUT2D eigenvalue weighted by Gasteiger charge is -2.16. The Morgan fingerprint density at radius 1 is 1.26 bits per heavy atom. The van der Waals surface area contributed by atoms with Gasteiger partial charge in [0, 0.05) is 23.8 Å². The maximum absolute atomic E-state index is 4.79. The van der Waals surface area contributed by atoms with Crippen molar-refractivity contribution in [2.45, 2.75) is 46.5 Å². The van der Waals surface area contributed by atoms with Gasteiger partial charge in [0.15, 0.2) is 0 Å². The third-order valence-corrected chi connectivity index (χ3v) is 4.12. The predicted octanol–water partition coefficient (Wildman–Crippen LogP) is 4.66. The molecule has 2 aromatic rings. The molecule has 2 heteroatoms. The van der Waals surface area contributed by atoms with Crippen molar-refractivity contribution in [2.24, 2.45) is 0 Å². The lowest BCUT2D eigenvalue weighted by atomic mass is 9.95. The summed E-state index contributed by atoms with van der Waals surface area (Å²) in [5.74, 6) is 0.597. The van der Waals surface area contributed by atoms with Gasteiger partial charge in [0.2, 0.25) is 0 Å². The summed E-state index contributed by atoms with van der Waals surface area (Å²) in [5, 5.41) is 4.60. The van der Waals surface area contributed by atoms with Gasteiger partial charge in [-0.3, -0.25) is 4.98 Å². The summed E-state index contributed by atoms with van der Waals surface area (Å²) in [6.45, 7) is 8.83. The van der Waals surface area contributed by atoms with E-state index in [1.54, 1.807) is 0 Å². The first-order chi connectivity index (χ1) is 9.12. The Bertz CT molecular complexity index is 587. The number of pyridine rings is 1. The van der Waals surface area contributed by atoms with Gasteiger partial charge in [0.25, 0.3) is 0 Å². The zero-order chi connectivity index (χ0) is 14.0. The van der Waals surface area contributed by atoms with Crippen LogP contribution in [-0.4, -0.2) is 12.0 Å². The first-order valence-corrected chi connectivity index (χ1v) is 7.23. The van der Waals surface area contributed by atoms with Crippen LogP contribution in [-0.2, 0) is 6.42 Å². The quantitative estimate of drug-likeness (QED) is 0.860. The van der Waals surface area contributed by atoms with Crippen LogP contribution in [0.3, 0.4) is 0 Å². The zero-order valence-electron chi connectivity index (χ0n) is 12.7. The number of hydrogen-bond donors (Lipinski definition) is 1. The highest BCUT2D eigenvalue weighted by atomic mass is 14.8. The van der Waals surface area contributed by atoms with Crippen LogP contribution in [0.25, 0.3) is 10.9 Å². The van der Waals surface area contributed by atoms with Crippen LogP contribution in [0.2, 0.25) is 0 Å². The molecule has 0 radical (unpaired) electrons. The van der Waals surface area contributed by atoms with E-state index >= 15 is 0 Å². The van der Waals surface area contributed by atoms with Crippen LogP contribution in [0, 0.1) is 6.92 Å². The molecular weight excluding hydrogens is 232 g/mol. The molecule has 0 fully saturated rings. The Morgan fingerprint density at radius 3 is 2.58 bits per heavy atom. The van der Waals surface area contributed by atoms with Gasteiger partial charge in [-0.2, -0.15) is 0 Å². The Labute approximate surface area is 116 Å². The maximum atomic E-state index is 4.79. The molecule has 0 aliphatic carbocycles. The molecule has 1 N–H and O–H groups in total. The Kier molecular flexibility index (Phi) is 4.08. The summed E-state index contributed by atoms with van der Waals surface area (Å²) in [7, 11) is 2.00. The van der Waals surface area contributed by atoms with E-state index in [1.165, 1.54) is 34.3 Å². The van der Waals surface area contributed by atoms with E-state index in [2.05, 4.69) is 51.2 Å². The molecule has 1 heterocycles. The topological polar surface area (TPSA) is 24.9 Å². The monoisotopic (exact) mass is 256 g/mol. The van der Waals surface area contributed by atoms with Gasteiger partial charge in [-0.25, -0.2) is 0 Å². The van der Waals surface area contributed by atoms with Gasteiger partial charge < -0.3 is 5.32 Å². The van der Waals surface area contributed by atoms with Gasteiger partial charge in [0.1, 0.15) is 0 Å². The lowest BCUT2D eigenvalue weighted by Crippen LogP contribution is -2.02. The number of rotatable bonds is 4. The molecule has 0 saturated heterocycles. The van der Waals surface area contributed by atoms with Crippen LogP contribution >= 0.6 is 0 Å². The number of benzene rings is 1. The van der Waals surface area contributed by atoms with Crippen molar-refractivity contribution in [2.75, 3.05) is 12.4 Å². The van der Waals surface area contributed by atoms with Crippen molar-refractivity contribution in [1.29, 1.82) is 0 Å². The fourth-order valence-corrected chi connectivity index (χ4v) is 2.64. The number of anilines is 1. The van der Waals surface area contributed by atoms with E-state index in [4.69, 9.17) is 4.98 Å². The van der Waals surface area contributed by atoms with Gasteiger partial charge in [0.05, 0.1) is 5.52 Å². The van der Waals surface area contributed by atoms with Crippen LogP contribution in [0.5, 0.6) is 0 Å². The van der Waals surface area contributed by atoms with E-state index < -0.39 is 0 Å². The van der Waals surface area contributed by atoms with Crippen LogP contribution in [0.4, 0.5) is 5.69 Å². The van der Waals surface area contributed by atoms with Crippen molar-refractivity contribution in [3.8, 4) is 0 Å². The number of aryl methyl sites for hydroxylation is 1. The number of nitrogens with zero attached hydrogens (tertiary/aromatic N) is 1. The maximum Gasteiger partial charge on any atom is 0.0726 e. The second-order valence-electron chi connectivity index (χ2n) is 5.25. The summed E-state index contributed by atoms with van der Waals surface area (Å²) < 4.78 is 0. The molecule has 2 rings (SSSR count). The first-order valence-electron chi connectivity index (χ1n) is 7.23.